The maximum atomic E-state index is 12.4. The van der Waals surface area contributed by atoms with Gasteiger partial charge in [0.05, 0.1) is 0 Å². The summed E-state index contributed by atoms with van der Waals surface area (Å²) in [5.74, 6) is -0.303. The zero-order valence-corrected chi connectivity index (χ0v) is 17.4. The highest BCUT2D eigenvalue weighted by molar-refractivity contribution is 5.78. The summed E-state index contributed by atoms with van der Waals surface area (Å²) in [7, 11) is 0. The van der Waals surface area contributed by atoms with Crippen LogP contribution in [-0.2, 0) is 0 Å². The van der Waals surface area contributed by atoms with Crippen molar-refractivity contribution in [3.8, 4) is 0 Å². The average Bonchev–Trinajstić information content (AvgIpc) is 3.45. The molecule has 5 heteroatoms. The molecule has 0 aliphatic carbocycles. The van der Waals surface area contributed by atoms with Crippen molar-refractivity contribution >= 4 is 18.3 Å². The number of anilines is 1. The fourth-order valence-electron chi connectivity index (χ4n) is 3.36. The molecule has 2 aromatic carbocycles. The van der Waals surface area contributed by atoms with E-state index in [9.17, 15) is 14.0 Å². The minimum absolute atomic E-state index is 0.303. The van der Waals surface area contributed by atoms with Gasteiger partial charge in [0.15, 0.2) is 0 Å². The molecule has 0 radical (unpaired) electrons. The highest BCUT2D eigenvalue weighted by Crippen LogP contribution is 2.22. The summed E-state index contributed by atoms with van der Waals surface area (Å²) >= 11 is 0. The first kappa shape index (κ1) is 22.8. The number of rotatable bonds is 3. The van der Waals surface area contributed by atoms with Crippen molar-refractivity contribution in [2.24, 2.45) is 0 Å². The van der Waals surface area contributed by atoms with E-state index in [0.717, 1.165) is 36.8 Å². The van der Waals surface area contributed by atoms with Crippen LogP contribution in [0.25, 0.3) is 0 Å². The van der Waals surface area contributed by atoms with E-state index in [1.807, 2.05) is 19.1 Å². The third kappa shape index (κ3) is 7.42. The summed E-state index contributed by atoms with van der Waals surface area (Å²) in [6.07, 6.45) is 6.99. The predicted octanol–water partition coefficient (Wildman–Crippen LogP) is 4.72. The number of nitrogens with one attached hydrogen (secondary N) is 1. The Morgan fingerprint density at radius 3 is 1.83 bits per heavy atom. The lowest BCUT2D eigenvalue weighted by atomic mass is 10.1. The Hall–Kier alpha value is -2.53. The Morgan fingerprint density at radius 1 is 0.828 bits per heavy atom. The number of nitrogens with zero attached hydrogens (tertiary/aromatic N) is 1. The van der Waals surface area contributed by atoms with Crippen LogP contribution < -0.4 is 10.2 Å². The molecule has 0 aromatic heterocycles. The Labute approximate surface area is 173 Å². The third-order valence-electron chi connectivity index (χ3n) is 5.17. The minimum Gasteiger partial charge on any atom is -0.372 e. The highest BCUT2D eigenvalue weighted by atomic mass is 19.1. The summed E-state index contributed by atoms with van der Waals surface area (Å²) in [5, 5.41) is 3.22. The molecule has 1 N–H and O–H groups in total. The number of aryl methyl sites for hydroxylation is 2. The van der Waals surface area contributed by atoms with E-state index in [1.54, 1.807) is 6.92 Å². The first-order chi connectivity index (χ1) is 14.0. The molecule has 0 bridgehead atoms. The van der Waals surface area contributed by atoms with Crippen LogP contribution in [0, 0.1) is 19.7 Å². The highest BCUT2D eigenvalue weighted by Gasteiger charge is 2.12. The monoisotopic (exact) mass is 398 g/mol. The lowest BCUT2D eigenvalue weighted by molar-refractivity contribution is 0.111. The fourth-order valence-corrected chi connectivity index (χ4v) is 3.36. The fraction of sp³-hybridized carbons (Fsp3) is 0.417. The van der Waals surface area contributed by atoms with Crippen LogP contribution in [0.1, 0.15) is 57.5 Å². The van der Waals surface area contributed by atoms with Gasteiger partial charge in [-0.05, 0) is 100 Å². The van der Waals surface area contributed by atoms with E-state index in [4.69, 9.17) is 0 Å². The Morgan fingerprint density at radius 2 is 1.38 bits per heavy atom. The number of benzene rings is 2. The van der Waals surface area contributed by atoms with Crippen LogP contribution >= 0.6 is 0 Å². The van der Waals surface area contributed by atoms with Crippen molar-refractivity contribution in [1.82, 2.24) is 5.32 Å². The summed E-state index contributed by atoms with van der Waals surface area (Å²) < 4.78 is 12.4. The lowest BCUT2D eigenvalue weighted by Gasteiger charge is -2.18. The second-order valence-corrected chi connectivity index (χ2v) is 7.43. The van der Waals surface area contributed by atoms with E-state index >= 15 is 0 Å². The zero-order chi connectivity index (χ0) is 21.1. The number of hydrogen-bond acceptors (Lipinski definition) is 4. The van der Waals surface area contributed by atoms with E-state index in [1.165, 1.54) is 62.7 Å². The zero-order valence-electron chi connectivity index (χ0n) is 17.4. The number of carbonyl (C=O) groups excluding carboxylic acids is 2. The maximum absolute atomic E-state index is 12.4. The van der Waals surface area contributed by atoms with Crippen molar-refractivity contribution in [3.63, 3.8) is 0 Å². The van der Waals surface area contributed by atoms with Crippen molar-refractivity contribution in [3.05, 3.63) is 64.5 Å². The Kier molecular flexibility index (Phi) is 9.51. The van der Waals surface area contributed by atoms with Crippen molar-refractivity contribution in [1.29, 1.82) is 0 Å². The van der Waals surface area contributed by atoms with Crippen LogP contribution in [0.3, 0.4) is 0 Å². The molecule has 2 aliphatic heterocycles. The van der Waals surface area contributed by atoms with Crippen molar-refractivity contribution in [2.45, 2.75) is 39.5 Å². The van der Waals surface area contributed by atoms with Gasteiger partial charge < -0.3 is 10.2 Å². The van der Waals surface area contributed by atoms with Gasteiger partial charge in [0.1, 0.15) is 18.4 Å². The molecule has 2 aromatic rings. The summed E-state index contributed by atoms with van der Waals surface area (Å²) in [5.41, 5.74) is 4.35. The lowest BCUT2D eigenvalue weighted by Crippen LogP contribution is -2.17. The summed E-state index contributed by atoms with van der Waals surface area (Å²) in [6, 6.07) is 10.1. The van der Waals surface area contributed by atoms with E-state index < -0.39 is 0 Å². The van der Waals surface area contributed by atoms with Gasteiger partial charge in [-0.1, -0.05) is 0 Å². The summed E-state index contributed by atoms with van der Waals surface area (Å²) in [4.78, 5) is 23.2. The van der Waals surface area contributed by atoms with Gasteiger partial charge in [-0.25, -0.2) is 4.39 Å². The third-order valence-corrected chi connectivity index (χ3v) is 5.17. The molecule has 29 heavy (non-hydrogen) atoms. The van der Waals surface area contributed by atoms with E-state index in [0.29, 0.717) is 11.1 Å². The molecule has 0 amide bonds. The molecule has 4 rings (SSSR count). The number of carbonyl (C=O) groups is 2. The second kappa shape index (κ2) is 12.1. The van der Waals surface area contributed by atoms with Gasteiger partial charge in [-0.15, -0.1) is 0 Å². The predicted molar refractivity (Wildman–Crippen MR) is 117 cm³/mol. The molecular weight excluding hydrogens is 367 g/mol. The van der Waals surface area contributed by atoms with E-state index in [-0.39, 0.29) is 5.82 Å². The van der Waals surface area contributed by atoms with Gasteiger partial charge >= 0.3 is 0 Å². The molecule has 0 atom stereocenters. The molecule has 2 fully saturated rings. The molecule has 0 unspecified atom stereocenters. The average molecular weight is 399 g/mol. The molecule has 156 valence electrons. The maximum Gasteiger partial charge on any atom is 0.150 e. The Balaban J connectivity index is 0.000000173. The smallest absolute Gasteiger partial charge is 0.150 e. The van der Waals surface area contributed by atoms with Crippen molar-refractivity contribution in [2.75, 3.05) is 31.1 Å². The molecule has 0 spiro atoms. The van der Waals surface area contributed by atoms with Crippen molar-refractivity contribution < 1.29 is 14.0 Å². The van der Waals surface area contributed by atoms with Crippen LogP contribution in [0.2, 0.25) is 0 Å². The number of halogens is 1. The Bertz CT molecular complexity index is 790. The number of hydrogen-bond donors (Lipinski definition) is 1. The molecular formula is C24H31FN2O2. The normalized spacial score (nSPS) is 15.1. The first-order valence-corrected chi connectivity index (χ1v) is 10.3. The molecule has 2 saturated heterocycles. The van der Waals surface area contributed by atoms with Crippen LogP contribution in [0.15, 0.2) is 36.4 Å². The van der Waals surface area contributed by atoms with Crippen LogP contribution in [0.5, 0.6) is 0 Å². The van der Waals surface area contributed by atoms with Gasteiger partial charge in [0.2, 0.25) is 0 Å². The van der Waals surface area contributed by atoms with E-state index in [2.05, 4.69) is 16.3 Å². The van der Waals surface area contributed by atoms with Gasteiger partial charge in [-0.3, -0.25) is 9.59 Å². The number of aldehydes is 2. The minimum atomic E-state index is -0.303. The molecule has 4 nitrogen and oxygen atoms in total. The van der Waals surface area contributed by atoms with Crippen LogP contribution in [0.4, 0.5) is 10.1 Å². The quantitative estimate of drug-likeness (QED) is 0.760. The van der Waals surface area contributed by atoms with Gasteiger partial charge in [0.25, 0.3) is 0 Å². The first-order valence-electron chi connectivity index (χ1n) is 10.3. The van der Waals surface area contributed by atoms with Gasteiger partial charge in [-0.2, -0.15) is 0 Å². The second-order valence-electron chi connectivity index (χ2n) is 7.43. The largest absolute Gasteiger partial charge is 0.372 e. The standard InChI is InChI=1S/C12H15NO.C8H7FO.C4H9N/c1-10-8-12(5-4-11(10)9-14)13-6-2-3-7-13;1-6-4-8(9)3-2-7(6)5-10;1-2-4-5-3-1/h4-5,8-9H,2-3,6-7H2,1H3;2-5H,1H3;5H,1-4H2. The molecule has 2 aliphatic rings. The molecule has 0 saturated carbocycles. The van der Waals surface area contributed by atoms with Crippen LogP contribution in [-0.4, -0.2) is 38.8 Å². The SMILES string of the molecule is C1CCNC1.Cc1cc(F)ccc1C=O.Cc1cc(N2CCCC2)ccc1C=O. The molecule has 2 heterocycles. The van der Waals surface area contributed by atoms with Gasteiger partial charge in [0, 0.05) is 29.9 Å². The topological polar surface area (TPSA) is 49.4 Å². The summed E-state index contributed by atoms with van der Waals surface area (Å²) in [6.45, 7) is 8.50.